The molecule has 2 atom stereocenters. The predicted molar refractivity (Wildman–Crippen MR) is 50.9 cm³/mol. The molecule has 0 amide bonds. The van der Waals surface area contributed by atoms with Gasteiger partial charge >= 0.3 is 0 Å². The van der Waals surface area contributed by atoms with Crippen LogP contribution in [0.3, 0.4) is 0 Å². The first-order valence-electron chi connectivity index (χ1n) is 4.52. The zero-order chi connectivity index (χ0) is 9.56. The summed E-state index contributed by atoms with van der Waals surface area (Å²) in [7, 11) is 0. The van der Waals surface area contributed by atoms with Crippen LogP contribution in [0.2, 0.25) is 0 Å². The first kappa shape index (κ1) is 11.7. The van der Waals surface area contributed by atoms with Crippen LogP contribution in [0.15, 0.2) is 12.2 Å². The fraction of sp³-hybridized carbons (Fsp3) is 0.800. The Bertz CT molecular complexity index is 132. The topological polar surface area (TPSA) is 40.5 Å². The number of aliphatic hydroxyl groups is 2. The van der Waals surface area contributed by atoms with E-state index in [9.17, 15) is 5.11 Å². The van der Waals surface area contributed by atoms with Crippen molar-refractivity contribution in [3.63, 3.8) is 0 Å². The van der Waals surface area contributed by atoms with E-state index >= 15 is 0 Å². The Morgan fingerprint density at radius 2 is 1.92 bits per heavy atom. The van der Waals surface area contributed by atoms with Crippen LogP contribution in [-0.2, 0) is 0 Å². The van der Waals surface area contributed by atoms with E-state index in [1.54, 1.807) is 0 Å². The Balaban J connectivity index is 3.46. The van der Waals surface area contributed by atoms with Gasteiger partial charge in [0.1, 0.15) is 0 Å². The Kier molecular flexibility index (Phi) is 6.03. The molecule has 72 valence electrons. The van der Waals surface area contributed by atoms with Crippen molar-refractivity contribution >= 4 is 0 Å². The second-order valence-corrected chi connectivity index (χ2v) is 3.56. The second-order valence-electron chi connectivity index (χ2n) is 3.56. The van der Waals surface area contributed by atoms with Crippen LogP contribution in [0.4, 0.5) is 0 Å². The summed E-state index contributed by atoms with van der Waals surface area (Å²) in [5, 5.41) is 18.0. The highest BCUT2D eigenvalue weighted by molar-refractivity contribution is 4.96. The molecule has 0 spiro atoms. The molecule has 0 fully saturated rings. The molecule has 0 aliphatic carbocycles. The maximum Gasteiger partial charge on any atom is 0.0744 e. The lowest BCUT2D eigenvalue weighted by Gasteiger charge is -2.13. The highest BCUT2D eigenvalue weighted by Crippen LogP contribution is 2.14. The highest BCUT2D eigenvalue weighted by atomic mass is 16.3. The van der Waals surface area contributed by atoms with E-state index in [1.165, 1.54) is 0 Å². The van der Waals surface area contributed by atoms with Crippen molar-refractivity contribution in [3.8, 4) is 0 Å². The quantitative estimate of drug-likeness (QED) is 0.599. The third-order valence-corrected chi connectivity index (χ3v) is 2.12. The van der Waals surface area contributed by atoms with Crippen molar-refractivity contribution in [2.45, 2.75) is 39.2 Å². The summed E-state index contributed by atoms with van der Waals surface area (Å²) in [5.74, 6) is 0.490. The molecule has 0 aromatic rings. The van der Waals surface area contributed by atoms with E-state index in [1.807, 2.05) is 6.92 Å². The molecule has 2 heteroatoms. The average molecular weight is 172 g/mol. The van der Waals surface area contributed by atoms with Crippen molar-refractivity contribution in [1.29, 1.82) is 0 Å². The summed E-state index contributed by atoms with van der Waals surface area (Å²) in [6.07, 6.45) is 2.17. The maximum atomic E-state index is 9.38. The van der Waals surface area contributed by atoms with E-state index in [4.69, 9.17) is 5.11 Å². The average Bonchev–Trinajstić information content (AvgIpc) is 2.00. The van der Waals surface area contributed by atoms with Crippen LogP contribution in [0.5, 0.6) is 0 Å². The SMILES string of the molecule is C=C(C)[C@@H](O)CCC(C)CCO. The lowest BCUT2D eigenvalue weighted by molar-refractivity contribution is 0.183. The molecule has 0 aromatic heterocycles. The molecular formula is C10H20O2. The maximum absolute atomic E-state index is 9.38. The van der Waals surface area contributed by atoms with Crippen LogP contribution >= 0.6 is 0 Å². The molecule has 0 bridgehead atoms. The van der Waals surface area contributed by atoms with E-state index in [0.29, 0.717) is 5.92 Å². The second kappa shape index (κ2) is 6.21. The number of rotatable bonds is 6. The van der Waals surface area contributed by atoms with Crippen LogP contribution in [0.1, 0.15) is 33.1 Å². The molecule has 0 saturated heterocycles. The summed E-state index contributed by atoms with van der Waals surface area (Å²) in [6, 6.07) is 0. The fourth-order valence-corrected chi connectivity index (χ4v) is 1.05. The zero-order valence-corrected chi connectivity index (χ0v) is 8.08. The molecule has 2 N–H and O–H groups in total. The van der Waals surface area contributed by atoms with Gasteiger partial charge in [-0.3, -0.25) is 0 Å². The van der Waals surface area contributed by atoms with E-state index in [-0.39, 0.29) is 12.7 Å². The van der Waals surface area contributed by atoms with Gasteiger partial charge < -0.3 is 10.2 Å². The standard InChI is InChI=1S/C10H20O2/c1-8(2)10(12)5-4-9(3)6-7-11/h9-12H,1,4-7H2,2-3H3/t9?,10-/m0/s1. The molecule has 0 rings (SSSR count). The van der Waals surface area contributed by atoms with Crippen molar-refractivity contribution < 1.29 is 10.2 Å². The summed E-state index contributed by atoms with van der Waals surface area (Å²) >= 11 is 0. The largest absolute Gasteiger partial charge is 0.396 e. The first-order valence-corrected chi connectivity index (χ1v) is 4.52. The van der Waals surface area contributed by atoms with E-state index < -0.39 is 0 Å². The van der Waals surface area contributed by atoms with Gasteiger partial charge in [0.25, 0.3) is 0 Å². The third-order valence-electron chi connectivity index (χ3n) is 2.12. The minimum atomic E-state index is -0.369. The van der Waals surface area contributed by atoms with Gasteiger partial charge in [-0.15, -0.1) is 0 Å². The van der Waals surface area contributed by atoms with Gasteiger partial charge in [-0.1, -0.05) is 19.1 Å². The van der Waals surface area contributed by atoms with Crippen LogP contribution in [0, 0.1) is 5.92 Å². The molecule has 0 heterocycles. The van der Waals surface area contributed by atoms with Crippen molar-refractivity contribution in [2.24, 2.45) is 5.92 Å². The highest BCUT2D eigenvalue weighted by Gasteiger charge is 2.07. The minimum absolute atomic E-state index is 0.240. The first-order chi connectivity index (χ1) is 5.57. The van der Waals surface area contributed by atoms with Gasteiger partial charge in [-0.25, -0.2) is 0 Å². The van der Waals surface area contributed by atoms with Gasteiger partial charge in [0.2, 0.25) is 0 Å². The van der Waals surface area contributed by atoms with Crippen LogP contribution in [-0.4, -0.2) is 22.9 Å². The molecule has 12 heavy (non-hydrogen) atoms. The van der Waals surface area contributed by atoms with Crippen LogP contribution in [0.25, 0.3) is 0 Å². The Morgan fingerprint density at radius 3 is 2.33 bits per heavy atom. The summed E-state index contributed by atoms with van der Waals surface area (Å²) < 4.78 is 0. The van der Waals surface area contributed by atoms with Gasteiger partial charge in [-0.05, 0) is 32.1 Å². The van der Waals surface area contributed by atoms with Gasteiger partial charge in [-0.2, -0.15) is 0 Å². The smallest absolute Gasteiger partial charge is 0.0744 e. The summed E-state index contributed by atoms with van der Waals surface area (Å²) in [4.78, 5) is 0. The molecule has 0 saturated carbocycles. The molecule has 0 aromatic carbocycles. The summed E-state index contributed by atoms with van der Waals surface area (Å²) in [6.45, 7) is 7.84. The van der Waals surface area contributed by atoms with Gasteiger partial charge in [0.05, 0.1) is 6.10 Å². The Morgan fingerprint density at radius 1 is 1.33 bits per heavy atom. The Hall–Kier alpha value is -0.340. The summed E-state index contributed by atoms with van der Waals surface area (Å²) in [5.41, 5.74) is 0.825. The Labute approximate surface area is 74.9 Å². The lowest BCUT2D eigenvalue weighted by atomic mass is 9.98. The molecule has 0 radical (unpaired) electrons. The normalized spacial score (nSPS) is 15.7. The van der Waals surface area contributed by atoms with Crippen molar-refractivity contribution in [3.05, 3.63) is 12.2 Å². The third kappa shape index (κ3) is 5.33. The molecule has 1 unspecified atom stereocenters. The van der Waals surface area contributed by atoms with Crippen LogP contribution < -0.4 is 0 Å². The van der Waals surface area contributed by atoms with Gasteiger partial charge in [0, 0.05) is 6.61 Å². The minimum Gasteiger partial charge on any atom is -0.396 e. The fourth-order valence-electron chi connectivity index (χ4n) is 1.05. The van der Waals surface area contributed by atoms with E-state index in [0.717, 1.165) is 24.8 Å². The van der Waals surface area contributed by atoms with Crippen molar-refractivity contribution in [1.82, 2.24) is 0 Å². The number of hydrogen-bond donors (Lipinski definition) is 2. The molecule has 0 aliphatic rings. The predicted octanol–water partition coefficient (Wildman–Crippen LogP) is 1.72. The number of hydrogen-bond acceptors (Lipinski definition) is 2. The molecule has 0 aliphatic heterocycles. The van der Waals surface area contributed by atoms with E-state index in [2.05, 4.69) is 13.5 Å². The number of aliphatic hydroxyl groups excluding tert-OH is 2. The molecule has 2 nitrogen and oxygen atoms in total. The molecular weight excluding hydrogens is 152 g/mol. The van der Waals surface area contributed by atoms with Crippen molar-refractivity contribution in [2.75, 3.05) is 6.61 Å². The van der Waals surface area contributed by atoms with Gasteiger partial charge in [0.15, 0.2) is 0 Å². The lowest BCUT2D eigenvalue weighted by Crippen LogP contribution is -2.09. The zero-order valence-electron chi connectivity index (χ0n) is 8.08. The monoisotopic (exact) mass is 172 g/mol.